The molecule has 106 valence electrons. The summed E-state index contributed by atoms with van der Waals surface area (Å²) < 4.78 is 11.8. The van der Waals surface area contributed by atoms with Crippen LogP contribution in [0.4, 0.5) is 0 Å². The Morgan fingerprint density at radius 2 is 2.26 bits per heavy atom. The summed E-state index contributed by atoms with van der Waals surface area (Å²) in [5.41, 5.74) is -1.27. The third-order valence-corrected chi connectivity index (χ3v) is 3.93. The van der Waals surface area contributed by atoms with Crippen molar-refractivity contribution >= 4 is 22.6 Å². The van der Waals surface area contributed by atoms with Crippen molar-refractivity contribution < 1.29 is 19.7 Å². The fourth-order valence-corrected chi connectivity index (χ4v) is 2.97. The lowest BCUT2D eigenvalue weighted by Crippen LogP contribution is -2.35. The SMILES string of the molecule is COc1c(I)n([C@@H]2CC(O)[C@H](CO)O2)c(=O)[nH]c1=O. The van der Waals surface area contributed by atoms with E-state index in [1.807, 2.05) is 0 Å². The number of aromatic amines is 1. The number of hydrogen-bond donors (Lipinski definition) is 3. The molecule has 1 aliphatic heterocycles. The first-order valence-corrected chi connectivity index (χ1v) is 6.60. The molecule has 1 aromatic heterocycles. The van der Waals surface area contributed by atoms with Crippen LogP contribution in [0.3, 0.4) is 0 Å². The van der Waals surface area contributed by atoms with Crippen molar-refractivity contribution in [3.8, 4) is 5.75 Å². The predicted molar refractivity (Wildman–Crippen MR) is 72.2 cm³/mol. The molecule has 0 radical (unpaired) electrons. The third kappa shape index (κ3) is 2.55. The molecule has 2 rings (SSSR count). The number of halogens is 1. The van der Waals surface area contributed by atoms with E-state index in [1.165, 1.54) is 11.7 Å². The van der Waals surface area contributed by atoms with Gasteiger partial charge in [0.05, 0.1) is 19.8 Å². The summed E-state index contributed by atoms with van der Waals surface area (Å²) in [5.74, 6) is 0.00531. The van der Waals surface area contributed by atoms with Crippen molar-refractivity contribution in [3.05, 3.63) is 24.5 Å². The summed E-state index contributed by atoms with van der Waals surface area (Å²) in [6.45, 7) is -0.344. The number of hydrogen-bond acceptors (Lipinski definition) is 6. The largest absolute Gasteiger partial charge is 0.489 e. The molecule has 3 N–H and O–H groups in total. The summed E-state index contributed by atoms with van der Waals surface area (Å²) in [5, 5.41) is 18.7. The number of H-pyrrole nitrogens is 1. The first-order valence-electron chi connectivity index (χ1n) is 5.52. The molecule has 1 fully saturated rings. The second-order valence-corrected chi connectivity index (χ2v) is 5.09. The Morgan fingerprint density at radius 3 is 2.79 bits per heavy atom. The molecule has 9 heteroatoms. The maximum atomic E-state index is 11.8. The van der Waals surface area contributed by atoms with Gasteiger partial charge in [0.1, 0.15) is 16.0 Å². The van der Waals surface area contributed by atoms with E-state index in [2.05, 4.69) is 4.98 Å². The molecule has 19 heavy (non-hydrogen) atoms. The number of nitrogens with one attached hydrogen (secondary N) is 1. The van der Waals surface area contributed by atoms with Gasteiger partial charge in [0.25, 0.3) is 5.56 Å². The van der Waals surface area contributed by atoms with Crippen molar-refractivity contribution in [1.82, 2.24) is 9.55 Å². The van der Waals surface area contributed by atoms with Gasteiger partial charge in [-0.3, -0.25) is 14.3 Å². The van der Waals surface area contributed by atoms with Crippen LogP contribution in [-0.2, 0) is 4.74 Å². The number of aromatic nitrogens is 2. The second-order valence-electron chi connectivity index (χ2n) is 4.07. The Bertz CT molecular complexity index is 582. The van der Waals surface area contributed by atoms with Crippen LogP contribution in [0.5, 0.6) is 5.75 Å². The van der Waals surface area contributed by atoms with E-state index in [0.29, 0.717) is 0 Å². The van der Waals surface area contributed by atoms with Gasteiger partial charge in [-0.25, -0.2) is 4.79 Å². The smallest absolute Gasteiger partial charge is 0.331 e. The van der Waals surface area contributed by atoms with E-state index in [4.69, 9.17) is 14.6 Å². The molecule has 0 saturated carbocycles. The summed E-state index contributed by atoms with van der Waals surface area (Å²) in [7, 11) is 1.32. The van der Waals surface area contributed by atoms with Crippen LogP contribution in [-0.4, -0.2) is 45.7 Å². The first-order chi connectivity index (χ1) is 8.99. The van der Waals surface area contributed by atoms with Crippen LogP contribution in [0.2, 0.25) is 0 Å². The minimum absolute atomic E-state index is 0.00531. The van der Waals surface area contributed by atoms with Gasteiger partial charge in [0.2, 0.25) is 5.75 Å². The zero-order valence-corrected chi connectivity index (χ0v) is 12.2. The summed E-state index contributed by atoms with van der Waals surface area (Å²) in [4.78, 5) is 25.5. The number of aliphatic hydroxyl groups excluding tert-OH is 2. The average molecular weight is 384 g/mol. The van der Waals surface area contributed by atoms with Crippen LogP contribution in [0.1, 0.15) is 12.6 Å². The fraction of sp³-hybridized carbons (Fsp3) is 0.600. The molecule has 2 heterocycles. The topological polar surface area (TPSA) is 114 Å². The van der Waals surface area contributed by atoms with Gasteiger partial charge >= 0.3 is 5.69 Å². The second kappa shape index (κ2) is 5.61. The molecular weight excluding hydrogens is 371 g/mol. The van der Waals surface area contributed by atoms with Crippen molar-refractivity contribution in [3.63, 3.8) is 0 Å². The molecule has 1 unspecified atom stereocenters. The fourth-order valence-electron chi connectivity index (χ4n) is 1.98. The lowest BCUT2D eigenvalue weighted by molar-refractivity contribution is -0.0470. The van der Waals surface area contributed by atoms with E-state index < -0.39 is 29.7 Å². The quantitative estimate of drug-likeness (QED) is 0.445. The van der Waals surface area contributed by atoms with Crippen molar-refractivity contribution in [2.45, 2.75) is 24.9 Å². The van der Waals surface area contributed by atoms with Gasteiger partial charge in [-0.1, -0.05) is 0 Å². The number of methoxy groups -OCH3 is 1. The first kappa shape index (κ1) is 14.5. The van der Waals surface area contributed by atoms with Gasteiger partial charge in [-0.15, -0.1) is 0 Å². The van der Waals surface area contributed by atoms with Crippen LogP contribution in [0.15, 0.2) is 9.59 Å². The molecule has 1 aromatic rings. The molecule has 3 atom stereocenters. The van der Waals surface area contributed by atoms with Gasteiger partial charge in [0.15, 0.2) is 0 Å². The maximum Gasteiger partial charge on any atom is 0.331 e. The monoisotopic (exact) mass is 384 g/mol. The van der Waals surface area contributed by atoms with E-state index in [-0.39, 0.29) is 22.5 Å². The molecule has 1 saturated heterocycles. The minimum atomic E-state index is -0.865. The van der Waals surface area contributed by atoms with Crippen molar-refractivity contribution in [2.24, 2.45) is 0 Å². The highest BCUT2D eigenvalue weighted by Gasteiger charge is 2.36. The average Bonchev–Trinajstić information content (AvgIpc) is 2.70. The Labute approximate surface area is 121 Å². The number of nitrogens with zero attached hydrogens (tertiary/aromatic N) is 1. The van der Waals surface area contributed by atoms with E-state index in [0.717, 1.165) is 0 Å². The van der Waals surface area contributed by atoms with Crippen molar-refractivity contribution in [1.29, 1.82) is 0 Å². The summed E-state index contributed by atoms with van der Waals surface area (Å²) in [6.07, 6.45) is -2.21. The predicted octanol–water partition coefficient (Wildman–Crippen LogP) is -1.21. The Hall–Kier alpha value is -0.910. The molecule has 0 bridgehead atoms. The number of aliphatic hydroxyl groups is 2. The standard InChI is InChI=1S/C10H13IN2O6/c1-18-7-8(11)13(10(17)12-9(7)16)6-2-4(15)5(3-14)19-6/h4-6,14-15H,2-3H2,1H3,(H,12,16,17)/t4?,5-,6-/m0/s1. The lowest BCUT2D eigenvalue weighted by atomic mass is 10.2. The number of rotatable bonds is 3. The lowest BCUT2D eigenvalue weighted by Gasteiger charge is -2.17. The van der Waals surface area contributed by atoms with E-state index in [9.17, 15) is 14.7 Å². The Balaban J connectivity index is 2.47. The maximum absolute atomic E-state index is 11.8. The zero-order chi connectivity index (χ0) is 14.2. The zero-order valence-electron chi connectivity index (χ0n) is 10.00. The van der Waals surface area contributed by atoms with Gasteiger partial charge in [-0.05, 0) is 22.6 Å². The number of ether oxygens (including phenoxy) is 2. The summed E-state index contributed by atoms with van der Waals surface area (Å²) >= 11 is 1.80. The highest BCUT2D eigenvalue weighted by atomic mass is 127. The van der Waals surface area contributed by atoms with Crippen molar-refractivity contribution in [2.75, 3.05) is 13.7 Å². The van der Waals surface area contributed by atoms with Gasteiger partial charge in [0, 0.05) is 6.42 Å². The van der Waals surface area contributed by atoms with E-state index in [1.54, 1.807) is 22.6 Å². The van der Waals surface area contributed by atoms with Crippen LogP contribution in [0.25, 0.3) is 0 Å². The Kier molecular flexibility index (Phi) is 4.28. The highest BCUT2D eigenvalue weighted by molar-refractivity contribution is 14.1. The Morgan fingerprint density at radius 1 is 1.58 bits per heavy atom. The molecule has 8 nitrogen and oxygen atoms in total. The molecule has 0 aromatic carbocycles. The molecule has 1 aliphatic rings. The van der Waals surface area contributed by atoms with Gasteiger partial charge < -0.3 is 19.7 Å². The van der Waals surface area contributed by atoms with Crippen LogP contribution < -0.4 is 16.0 Å². The minimum Gasteiger partial charge on any atom is -0.489 e. The van der Waals surface area contributed by atoms with E-state index >= 15 is 0 Å². The summed E-state index contributed by atoms with van der Waals surface area (Å²) in [6, 6.07) is 0. The third-order valence-electron chi connectivity index (χ3n) is 2.92. The van der Waals surface area contributed by atoms with Crippen LogP contribution >= 0.6 is 22.6 Å². The molecule has 0 aliphatic carbocycles. The molecular formula is C10H13IN2O6. The molecule has 0 spiro atoms. The van der Waals surface area contributed by atoms with Crippen LogP contribution in [0, 0.1) is 3.70 Å². The normalized spacial score (nSPS) is 26.6. The molecule has 0 amide bonds. The van der Waals surface area contributed by atoms with Gasteiger partial charge in [-0.2, -0.15) is 0 Å². The highest BCUT2D eigenvalue weighted by Crippen LogP contribution is 2.29.